The maximum atomic E-state index is 12.2. The molecule has 0 heterocycles. The predicted octanol–water partition coefficient (Wildman–Crippen LogP) is 4.78. The van der Waals surface area contributed by atoms with Crippen LogP contribution in [0.25, 0.3) is 0 Å². The van der Waals surface area contributed by atoms with E-state index >= 15 is 0 Å². The SMILES string of the molecule is CC(C)C(=O)O[C@@H]1CC[C@H]2[C@@H]3CCC4=CC(=O)C=C[C@]4(C)C3=CC[C@]12C. The van der Waals surface area contributed by atoms with Gasteiger partial charge in [-0.05, 0) is 63.0 Å². The Labute approximate surface area is 156 Å². The van der Waals surface area contributed by atoms with E-state index in [1.165, 1.54) is 11.1 Å². The number of hydrogen-bond acceptors (Lipinski definition) is 3. The summed E-state index contributed by atoms with van der Waals surface area (Å²) >= 11 is 0. The maximum absolute atomic E-state index is 12.2. The number of carbonyl (C=O) groups is 2. The summed E-state index contributed by atoms with van der Waals surface area (Å²) in [6.07, 6.45) is 13.3. The Hall–Kier alpha value is -1.64. The van der Waals surface area contributed by atoms with Gasteiger partial charge in [0, 0.05) is 10.8 Å². The second kappa shape index (κ2) is 5.94. The molecule has 5 atom stereocenters. The maximum Gasteiger partial charge on any atom is 0.308 e. The zero-order valence-electron chi connectivity index (χ0n) is 16.4. The number of hydrogen-bond donors (Lipinski definition) is 0. The van der Waals surface area contributed by atoms with Gasteiger partial charge in [0.25, 0.3) is 0 Å². The number of carbonyl (C=O) groups excluding carboxylic acids is 2. The van der Waals surface area contributed by atoms with Gasteiger partial charge in [-0.2, -0.15) is 0 Å². The van der Waals surface area contributed by atoms with Crippen LogP contribution in [-0.2, 0) is 14.3 Å². The lowest BCUT2D eigenvalue weighted by Crippen LogP contribution is -2.45. The van der Waals surface area contributed by atoms with Crippen LogP contribution in [-0.4, -0.2) is 17.9 Å². The Balaban J connectivity index is 1.65. The van der Waals surface area contributed by atoms with Crippen molar-refractivity contribution < 1.29 is 14.3 Å². The molecule has 0 aromatic carbocycles. The first-order chi connectivity index (χ1) is 12.3. The molecule has 0 radical (unpaired) electrons. The fourth-order valence-corrected chi connectivity index (χ4v) is 5.94. The quantitative estimate of drug-likeness (QED) is 0.529. The number of esters is 1. The molecular weight excluding hydrogens is 324 g/mol. The van der Waals surface area contributed by atoms with Crippen molar-refractivity contribution in [1.82, 2.24) is 0 Å². The zero-order chi connectivity index (χ0) is 18.7. The Kier molecular flexibility index (Phi) is 4.05. The highest BCUT2D eigenvalue weighted by Gasteiger charge is 2.56. The summed E-state index contributed by atoms with van der Waals surface area (Å²) in [6.45, 7) is 8.41. The third-order valence-corrected chi connectivity index (χ3v) is 7.59. The normalized spacial score (nSPS) is 41.1. The second-order valence-corrected chi connectivity index (χ2v) is 9.39. The van der Waals surface area contributed by atoms with E-state index in [0.717, 1.165) is 32.1 Å². The third kappa shape index (κ3) is 2.46. The monoisotopic (exact) mass is 354 g/mol. The third-order valence-electron chi connectivity index (χ3n) is 7.59. The van der Waals surface area contributed by atoms with Gasteiger partial charge in [-0.3, -0.25) is 9.59 Å². The molecule has 2 fully saturated rings. The van der Waals surface area contributed by atoms with Crippen LogP contribution in [0.3, 0.4) is 0 Å². The van der Waals surface area contributed by atoms with E-state index in [-0.39, 0.29) is 34.6 Å². The lowest BCUT2D eigenvalue weighted by molar-refractivity contribution is -0.159. The average Bonchev–Trinajstić information content (AvgIpc) is 2.92. The van der Waals surface area contributed by atoms with Crippen molar-refractivity contribution in [3.63, 3.8) is 0 Å². The molecule has 4 aliphatic carbocycles. The molecule has 0 saturated heterocycles. The van der Waals surface area contributed by atoms with E-state index in [1.54, 1.807) is 6.08 Å². The minimum atomic E-state index is -0.0924. The van der Waals surface area contributed by atoms with E-state index in [9.17, 15) is 9.59 Å². The molecule has 3 nitrogen and oxygen atoms in total. The van der Waals surface area contributed by atoms with E-state index in [4.69, 9.17) is 4.74 Å². The van der Waals surface area contributed by atoms with Crippen LogP contribution in [0.4, 0.5) is 0 Å². The van der Waals surface area contributed by atoms with Crippen LogP contribution in [0, 0.1) is 28.6 Å². The Bertz CT molecular complexity index is 741. The van der Waals surface area contributed by atoms with Crippen LogP contribution in [0.15, 0.2) is 35.5 Å². The van der Waals surface area contributed by atoms with Gasteiger partial charge in [-0.15, -0.1) is 0 Å². The molecule has 2 saturated carbocycles. The molecule has 4 rings (SSSR count). The Morgan fingerprint density at radius 3 is 2.73 bits per heavy atom. The summed E-state index contributed by atoms with van der Waals surface area (Å²) in [5.41, 5.74) is 2.73. The van der Waals surface area contributed by atoms with Crippen LogP contribution in [0.5, 0.6) is 0 Å². The second-order valence-electron chi connectivity index (χ2n) is 9.39. The predicted molar refractivity (Wildman–Crippen MR) is 101 cm³/mol. The molecule has 0 aromatic rings. The highest BCUT2D eigenvalue weighted by atomic mass is 16.5. The van der Waals surface area contributed by atoms with Crippen molar-refractivity contribution in [2.75, 3.05) is 0 Å². The van der Waals surface area contributed by atoms with Crippen molar-refractivity contribution in [3.05, 3.63) is 35.5 Å². The standard InChI is InChI=1S/C23H30O3/c1-14(2)21(25)26-20-8-7-18-17-6-5-15-13-16(24)9-11-22(15,3)19(17)10-12-23(18,20)4/h9-11,13-14,17-18,20H,5-8,12H2,1-4H3/t17-,18-,20+,22-,23-/m0/s1. The molecule has 26 heavy (non-hydrogen) atoms. The minimum absolute atomic E-state index is 0.0356. The molecule has 0 spiro atoms. The molecule has 0 unspecified atom stereocenters. The number of ether oxygens (including phenoxy) is 1. The highest BCUT2D eigenvalue weighted by molar-refractivity contribution is 6.01. The van der Waals surface area contributed by atoms with E-state index < -0.39 is 0 Å². The zero-order valence-corrected chi connectivity index (χ0v) is 16.4. The highest BCUT2D eigenvalue weighted by Crippen LogP contribution is 2.62. The molecule has 3 heteroatoms. The molecule has 0 aliphatic heterocycles. The molecule has 4 aliphatic rings. The van der Waals surface area contributed by atoms with Crippen molar-refractivity contribution in [3.8, 4) is 0 Å². The van der Waals surface area contributed by atoms with E-state index in [2.05, 4.69) is 26.0 Å². The van der Waals surface area contributed by atoms with Crippen LogP contribution in [0.2, 0.25) is 0 Å². The van der Waals surface area contributed by atoms with E-state index in [0.29, 0.717) is 11.8 Å². The fraction of sp³-hybridized carbons (Fsp3) is 0.652. The first kappa shape index (κ1) is 17.8. The van der Waals surface area contributed by atoms with E-state index in [1.807, 2.05) is 19.9 Å². The van der Waals surface area contributed by atoms with Gasteiger partial charge in [0.05, 0.1) is 5.92 Å². The number of ketones is 1. The summed E-state index contributed by atoms with van der Waals surface area (Å²) in [4.78, 5) is 24.0. The van der Waals surface area contributed by atoms with Crippen LogP contribution >= 0.6 is 0 Å². The number of rotatable bonds is 2. The summed E-state index contributed by atoms with van der Waals surface area (Å²) in [5, 5.41) is 0. The van der Waals surface area contributed by atoms with Crippen molar-refractivity contribution in [2.45, 2.75) is 65.9 Å². The average molecular weight is 354 g/mol. The Morgan fingerprint density at radius 2 is 2.00 bits per heavy atom. The summed E-state index contributed by atoms with van der Waals surface area (Å²) < 4.78 is 5.93. The van der Waals surface area contributed by atoms with Gasteiger partial charge in [0.15, 0.2) is 5.78 Å². The summed E-state index contributed by atoms with van der Waals surface area (Å²) in [7, 11) is 0. The lowest BCUT2D eigenvalue weighted by atomic mass is 9.53. The first-order valence-electron chi connectivity index (χ1n) is 10.1. The van der Waals surface area contributed by atoms with Crippen molar-refractivity contribution >= 4 is 11.8 Å². The van der Waals surface area contributed by atoms with Crippen LogP contribution < -0.4 is 0 Å². The molecule has 0 bridgehead atoms. The van der Waals surface area contributed by atoms with Crippen LogP contribution in [0.1, 0.15) is 59.8 Å². The summed E-state index contributed by atoms with van der Waals surface area (Å²) in [5.74, 6) is 1.09. The molecule has 0 aromatic heterocycles. The van der Waals surface area contributed by atoms with Gasteiger partial charge in [-0.1, -0.05) is 44.1 Å². The minimum Gasteiger partial charge on any atom is -0.462 e. The van der Waals surface area contributed by atoms with Crippen molar-refractivity contribution in [2.24, 2.45) is 28.6 Å². The van der Waals surface area contributed by atoms with Gasteiger partial charge < -0.3 is 4.74 Å². The fourth-order valence-electron chi connectivity index (χ4n) is 5.94. The lowest BCUT2D eigenvalue weighted by Gasteiger charge is -2.52. The van der Waals surface area contributed by atoms with Gasteiger partial charge in [-0.25, -0.2) is 0 Å². The molecule has 140 valence electrons. The van der Waals surface area contributed by atoms with Gasteiger partial charge >= 0.3 is 5.97 Å². The summed E-state index contributed by atoms with van der Waals surface area (Å²) in [6, 6.07) is 0. The topological polar surface area (TPSA) is 43.4 Å². The number of fused-ring (bicyclic) bond motifs is 5. The Morgan fingerprint density at radius 1 is 1.23 bits per heavy atom. The molecule has 0 N–H and O–H groups in total. The molecule has 0 amide bonds. The smallest absolute Gasteiger partial charge is 0.308 e. The molecular formula is C23H30O3. The van der Waals surface area contributed by atoms with Crippen molar-refractivity contribution in [1.29, 1.82) is 0 Å². The van der Waals surface area contributed by atoms with Gasteiger partial charge in [0.1, 0.15) is 6.10 Å². The number of allylic oxidation sites excluding steroid dienone is 6. The largest absolute Gasteiger partial charge is 0.462 e. The van der Waals surface area contributed by atoms with Gasteiger partial charge in [0.2, 0.25) is 0 Å². The first-order valence-corrected chi connectivity index (χ1v) is 10.1.